The van der Waals surface area contributed by atoms with E-state index in [-0.39, 0.29) is 12.5 Å². The summed E-state index contributed by atoms with van der Waals surface area (Å²) in [5, 5.41) is 3.20. The van der Waals surface area contributed by atoms with Crippen molar-refractivity contribution >= 4 is 51.1 Å². The van der Waals surface area contributed by atoms with Crippen molar-refractivity contribution in [2.45, 2.75) is 18.9 Å². The van der Waals surface area contributed by atoms with Gasteiger partial charge >= 0.3 is 6.03 Å². The zero-order valence-corrected chi connectivity index (χ0v) is 25.2. The van der Waals surface area contributed by atoms with Gasteiger partial charge in [-0.25, -0.2) is 23.1 Å². The average Bonchev–Trinajstić information content (AvgIpc) is 3.39. The van der Waals surface area contributed by atoms with Crippen LogP contribution in [-0.2, 0) is 17.8 Å². The monoisotopic (exact) mass is 634 g/mol. The summed E-state index contributed by atoms with van der Waals surface area (Å²) in [5.74, 6) is -0.354. The Morgan fingerprint density at radius 2 is 1.53 bits per heavy atom. The van der Waals surface area contributed by atoms with Gasteiger partial charge in [0.25, 0.3) is 0 Å². The molecule has 2 amide bonds. The van der Waals surface area contributed by atoms with E-state index in [1.165, 1.54) is 12.1 Å². The highest BCUT2D eigenvalue weighted by atomic mass is 35.5. The number of nitrogens with zero attached hydrogens (tertiary/aromatic N) is 2. The van der Waals surface area contributed by atoms with Gasteiger partial charge in [0, 0.05) is 30.3 Å². The van der Waals surface area contributed by atoms with E-state index in [1.807, 2.05) is 48.5 Å². The second-order valence-corrected chi connectivity index (χ2v) is 12.0. The van der Waals surface area contributed by atoms with Crippen LogP contribution in [0.1, 0.15) is 29.0 Å². The minimum Gasteiger partial charge on any atom is -0.294 e. The van der Waals surface area contributed by atoms with E-state index in [0.717, 1.165) is 33.6 Å². The molecule has 7 nitrogen and oxygen atoms in total. The predicted octanol–water partition coefficient (Wildman–Crippen LogP) is 8.09. The van der Waals surface area contributed by atoms with Gasteiger partial charge in [0.2, 0.25) is 11.3 Å². The van der Waals surface area contributed by atoms with Crippen LogP contribution in [0.4, 0.5) is 20.0 Å². The molecule has 1 atom stereocenters. The third-order valence-electron chi connectivity index (χ3n) is 6.86. The molecular formula is C32H28ClFN4O3S2. The molecule has 220 valence electrons. The highest BCUT2D eigenvalue weighted by Crippen LogP contribution is 2.36. The van der Waals surface area contributed by atoms with Crippen molar-refractivity contribution in [1.29, 1.82) is 0 Å². The van der Waals surface area contributed by atoms with Gasteiger partial charge in [-0.15, -0.1) is 0 Å². The van der Waals surface area contributed by atoms with E-state index in [4.69, 9.17) is 16.2 Å². The fraction of sp³-hybridized carbons (Fsp3) is 0.125. The Morgan fingerprint density at radius 3 is 2.12 bits per heavy atom. The van der Waals surface area contributed by atoms with E-state index in [1.54, 1.807) is 29.2 Å². The van der Waals surface area contributed by atoms with Gasteiger partial charge in [0.05, 0.1) is 0 Å². The number of thiazole rings is 1. The van der Waals surface area contributed by atoms with Crippen LogP contribution in [0.5, 0.6) is 0 Å². The van der Waals surface area contributed by atoms with Gasteiger partial charge in [0.15, 0.2) is 5.13 Å². The molecule has 5 aromatic rings. The van der Waals surface area contributed by atoms with Crippen LogP contribution in [-0.4, -0.2) is 26.3 Å². The molecule has 0 saturated heterocycles. The molecule has 0 spiro atoms. The van der Waals surface area contributed by atoms with Gasteiger partial charge in [-0.3, -0.25) is 14.8 Å². The van der Waals surface area contributed by atoms with Crippen LogP contribution in [0.15, 0.2) is 109 Å². The van der Waals surface area contributed by atoms with Crippen LogP contribution >= 0.6 is 22.9 Å². The highest BCUT2D eigenvalue weighted by Gasteiger charge is 2.22. The van der Waals surface area contributed by atoms with E-state index in [0.29, 0.717) is 33.8 Å². The van der Waals surface area contributed by atoms with Crippen molar-refractivity contribution < 1.29 is 17.9 Å². The number of halogens is 2. The lowest BCUT2D eigenvalue weighted by atomic mass is 9.88. The zero-order chi connectivity index (χ0) is 30.2. The largest absolute Gasteiger partial charge is 0.328 e. The highest BCUT2D eigenvalue weighted by molar-refractivity contribution is 7.77. The smallest absolute Gasteiger partial charge is 0.294 e. The summed E-state index contributed by atoms with van der Waals surface area (Å²) in [5.41, 5.74) is 4.88. The molecular weight excluding hydrogens is 607 g/mol. The van der Waals surface area contributed by atoms with Gasteiger partial charge in [0.1, 0.15) is 15.8 Å². The normalized spacial score (nSPS) is 11.8. The number of benzene rings is 4. The molecule has 0 radical (unpaired) electrons. The minimum atomic E-state index is -2.10. The molecule has 0 bridgehead atoms. The summed E-state index contributed by atoms with van der Waals surface area (Å²) in [6.45, 7) is 0.579. The molecule has 4 aromatic carbocycles. The Balaban J connectivity index is 1.36. The van der Waals surface area contributed by atoms with Crippen molar-refractivity contribution in [2.75, 3.05) is 16.8 Å². The lowest BCUT2D eigenvalue weighted by molar-refractivity contribution is 0.256. The van der Waals surface area contributed by atoms with Crippen LogP contribution in [0.3, 0.4) is 0 Å². The Hall–Kier alpha value is -3.93. The van der Waals surface area contributed by atoms with E-state index >= 15 is 0 Å². The summed E-state index contributed by atoms with van der Waals surface area (Å²) >= 11 is 5.56. The molecule has 0 aliphatic heterocycles. The quantitative estimate of drug-likeness (QED) is 0.128. The second kappa shape index (κ2) is 14.5. The van der Waals surface area contributed by atoms with Crippen molar-refractivity contribution in [3.05, 3.63) is 136 Å². The average molecular weight is 635 g/mol. The van der Waals surface area contributed by atoms with Crippen LogP contribution < -0.4 is 14.9 Å². The number of nitrogens with one attached hydrogen (secondary N) is 2. The third kappa shape index (κ3) is 8.13. The maximum Gasteiger partial charge on any atom is 0.328 e. The number of aromatic nitrogens is 1. The molecule has 0 fully saturated rings. The van der Waals surface area contributed by atoms with Gasteiger partial charge in [-0.1, -0.05) is 108 Å². The SMILES string of the molecule is O=C(Nc1nc(-c2ccc(CNS(=O)O)cc2)c(Cl)s1)N(CCC(c1ccccc1)c1ccccc1)c1ccc(F)cc1. The van der Waals surface area contributed by atoms with Crippen molar-refractivity contribution in [1.82, 2.24) is 9.71 Å². The molecule has 5 rings (SSSR count). The Morgan fingerprint density at radius 1 is 0.930 bits per heavy atom. The van der Waals surface area contributed by atoms with Gasteiger partial charge < -0.3 is 0 Å². The number of carbonyl (C=O) groups excluding carboxylic acids is 1. The topological polar surface area (TPSA) is 94.6 Å². The van der Waals surface area contributed by atoms with Crippen LogP contribution in [0, 0.1) is 5.82 Å². The number of hydrogen-bond donors (Lipinski definition) is 3. The second-order valence-electron chi connectivity index (χ2n) is 9.63. The van der Waals surface area contributed by atoms with Crippen molar-refractivity contribution in [2.24, 2.45) is 0 Å². The molecule has 11 heteroatoms. The molecule has 0 saturated carbocycles. The summed E-state index contributed by atoms with van der Waals surface area (Å²) in [6, 6.07) is 32.9. The van der Waals surface area contributed by atoms with E-state index < -0.39 is 23.1 Å². The Bertz CT molecular complexity index is 1630. The van der Waals surface area contributed by atoms with Gasteiger partial charge in [-0.05, 0) is 47.4 Å². The minimum absolute atomic E-state index is 0.0367. The van der Waals surface area contributed by atoms with E-state index in [9.17, 15) is 13.4 Å². The Kier molecular flexibility index (Phi) is 10.3. The molecule has 1 aromatic heterocycles. The summed E-state index contributed by atoms with van der Waals surface area (Å²) < 4.78 is 36.4. The summed E-state index contributed by atoms with van der Waals surface area (Å²) in [6.07, 6.45) is 0.619. The van der Waals surface area contributed by atoms with Crippen LogP contribution in [0.2, 0.25) is 4.34 Å². The number of anilines is 2. The predicted molar refractivity (Wildman–Crippen MR) is 172 cm³/mol. The molecule has 3 N–H and O–H groups in total. The third-order valence-corrected chi connectivity index (χ3v) is 8.42. The summed E-state index contributed by atoms with van der Waals surface area (Å²) in [7, 11) is 0. The molecule has 1 unspecified atom stereocenters. The Labute approximate surface area is 260 Å². The van der Waals surface area contributed by atoms with Crippen molar-refractivity contribution in [3.63, 3.8) is 0 Å². The lowest BCUT2D eigenvalue weighted by Gasteiger charge is -2.26. The zero-order valence-electron chi connectivity index (χ0n) is 22.8. The number of rotatable bonds is 11. The standard InChI is InChI=1S/C32H28ClFN4O3S2/c33-30-29(25-13-11-22(12-14-25)21-35-43(40)41)36-31(42-30)37-32(39)38(27-17-15-26(34)16-18-27)20-19-28(23-7-3-1-4-8-23)24-9-5-2-6-10-24/h1-18,28,35H,19-21H2,(H,40,41)(H,36,37,39). The molecule has 43 heavy (non-hydrogen) atoms. The fourth-order valence-corrected chi connectivity index (χ4v) is 6.11. The number of hydrogen-bond acceptors (Lipinski definition) is 4. The van der Waals surface area contributed by atoms with Crippen molar-refractivity contribution in [3.8, 4) is 11.3 Å². The van der Waals surface area contributed by atoms with Gasteiger partial charge in [-0.2, -0.15) is 0 Å². The molecule has 0 aliphatic rings. The lowest BCUT2D eigenvalue weighted by Crippen LogP contribution is -2.36. The van der Waals surface area contributed by atoms with E-state index in [2.05, 4.69) is 39.3 Å². The molecule has 0 aliphatic carbocycles. The number of carbonyl (C=O) groups is 1. The fourth-order valence-electron chi connectivity index (χ4n) is 4.74. The van der Waals surface area contributed by atoms with Crippen LogP contribution in [0.25, 0.3) is 11.3 Å². The summed E-state index contributed by atoms with van der Waals surface area (Å²) in [4.78, 5) is 19.9. The number of amides is 2. The first-order chi connectivity index (χ1) is 20.9. The maximum absolute atomic E-state index is 13.8. The molecule has 1 heterocycles. The first-order valence-corrected chi connectivity index (χ1v) is 15.7. The first-order valence-electron chi connectivity index (χ1n) is 13.4. The number of urea groups is 1. The maximum atomic E-state index is 13.8. The first kappa shape index (κ1) is 30.5.